The van der Waals surface area contributed by atoms with E-state index in [-0.39, 0.29) is 5.92 Å². The molecule has 1 heteroatoms. The van der Waals surface area contributed by atoms with Crippen LogP contribution in [-0.2, 0) is 6.42 Å². The number of nitrogens with zero attached hydrogens (tertiary/aromatic N) is 1. The van der Waals surface area contributed by atoms with Crippen molar-refractivity contribution >= 4 is 23.5 Å². The fourth-order valence-corrected chi connectivity index (χ4v) is 7.89. The lowest BCUT2D eigenvalue weighted by atomic mass is 9.76. The molecule has 280 valence electrons. The van der Waals surface area contributed by atoms with Crippen molar-refractivity contribution in [1.29, 1.82) is 0 Å². The summed E-state index contributed by atoms with van der Waals surface area (Å²) in [7, 11) is 0. The first-order valence-electron chi connectivity index (χ1n) is 19.8. The van der Waals surface area contributed by atoms with Gasteiger partial charge in [0.1, 0.15) is 0 Å². The van der Waals surface area contributed by atoms with Crippen molar-refractivity contribution in [2.24, 2.45) is 0 Å². The summed E-state index contributed by atoms with van der Waals surface area (Å²) in [5, 5.41) is 0. The Morgan fingerprint density at radius 2 is 1.46 bits per heavy atom. The van der Waals surface area contributed by atoms with E-state index in [2.05, 4.69) is 186 Å². The van der Waals surface area contributed by atoms with Crippen LogP contribution >= 0.6 is 0 Å². The van der Waals surface area contributed by atoms with Gasteiger partial charge in [-0.15, -0.1) is 0 Å². The molecule has 6 rings (SSSR count). The van der Waals surface area contributed by atoms with Gasteiger partial charge in [0.05, 0.1) is 5.70 Å². The van der Waals surface area contributed by atoms with Crippen molar-refractivity contribution in [2.45, 2.75) is 60.3 Å². The Bertz CT molecular complexity index is 2370. The van der Waals surface area contributed by atoms with Crippen LogP contribution in [0.1, 0.15) is 74.8 Å². The Labute approximate surface area is 336 Å². The van der Waals surface area contributed by atoms with Crippen LogP contribution in [0.25, 0.3) is 12.2 Å². The highest BCUT2D eigenvalue weighted by atomic mass is 15.1. The average Bonchev–Trinajstić information content (AvgIpc) is 3.66. The quantitative estimate of drug-likeness (QED) is 0.124. The SMILES string of the molecule is C=CC(/C=C\C=C/C)=C(\C=C)N(c1ccccc1)c1ccc(C(C)/C=C\C2=C(C(/C)=C/c3ccccc3C)/C(=C/C)CC(C3=Cc4ccccc4C3)=C2C)cc1. The minimum Gasteiger partial charge on any atom is -0.310 e. The molecule has 0 amide bonds. The fourth-order valence-electron chi connectivity index (χ4n) is 7.89. The molecule has 0 bridgehead atoms. The lowest BCUT2D eigenvalue weighted by Crippen LogP contribution is -2.16. The first-order chi connectivity index (χ1) is 27.3. The highest BCUT2D eigenvalue weighted by Gasteiger charge is 2.26. The lowest BCUT2D eigenvalue weighted by Gasteiger charge is -2.28. The van der Waals surface area contributed by atoms with Crippen LogP contribution in [0, 0.1) is 6.92 Å². The van der Waals surface area contributed by atoms with Crippen LogP contribution in [0.3, 0.4) is 0 Å². The molecule has 2 aliphatic carbocycles. The van der Waals surface area contributed by atoms with Crippen LogP contribution in [-0.4, -0.2) is 0 Å². The molecule has 0 heterocycles. The van der Waals surface area contributed by atoms with E-state index in [0.29, 0.717) is 0 Å². The summed E-state index contributed by atoms with van der Waals surface area (Å²) in [5.74, 6) is 0.188. The first kappa shape index (κ1) is 39.5. The highest BCUT2D eigenvalue weighted by Crippen LogP contribution is 2.44. The largest absolute Gasteiger partial charge is 0.310 e. The molecular weight excluding hydrogens is 675 g/mol. The smallest absolute Gasteiger partial charge is 0.0527 e. The molecule has 0 aromatic heterocycles. The summed E-state index contributed by atoms with van der Waals surface area (Å²) < 4.78 is 0. The second-order valence-corrected chi connectivity index (χ2v) is 14.7. The third kappa shape index (κ3) is 8.69. The first-order valence-corrected chi connectivity index (χ1v) is 19.8. The van der Waals surface area contributed by atoms with E-state index in [9.17, 15) is 0 Å². The zero-order valence-corrected chi connectivity index (χ0v) is 34.0. The van der Waals surface area contributed by atoms with E-state index >= 15 is 0 Å². The molecule has 0 fully saturated rings. The van der Waals surface area contributed by atoms with E-state index in [4.69, 9.17) is 0 Å². The van der Waals surface area contributed by atoms with Crippen molar-refractivity contribution in [1.82, 2.24) is 0 Å². The molecule has 1 atom stereocenters. The Morgan fingerprint density at radius 3 is 2.14 bits per heavy atom. The van der Waals surface area contributed by atoms with Crippen LogP contribution in [0.15, 0.2) is 221 Å². The van der Waals surface area contributed by atoms with Crippen LogP contribution in [0.4, 0.5) is 11.4 Å². The molecule has 56 heavy (non-hydrogen) atoms. The predicted octanol–water partition coefficient (Wildman–Crippen LogP) is 15.3. The fraction of sp³-hybridized carbons (Fsp3) is 0.164. The Kier molecular flexibility index (Phi) is 13.0. The van der Waals surface area contributed by atoms with Crippen molar-refractivity contribution < 1.29 is 0 Å². The van der Waals surface area contributed by atoms with Gasteiger partial charge in [-0.1, -0.05) is 160 Å². The average molecular weight is 730 g/mol. The number of hydrogen-bond donors (Lipinski definition) is 0. The zero-order valence-electron chi connectivity index (χ0n) is 34.0. The van der Waals surface area contributed by atoms with E-state index < -0.39 is 0 Å². The molecule has 0 saturated heterocycles. The van der Waals surface area contributed by atoms with Gasteiger partial charge in [-0.3, -0.25) is 0 Å². The van der Waals surface area contributed by atoms with Gasteiger partial charge in [0, 0.05) is 11.4 Å². The number of anilines is 2. The zero-order chi connectivity index (χ0) is 39.6. The van der Waals surface area contributed by atoms with Crippen molar-refractivity contribution in [3.8, 4) is 0 Å². The standard InChI is InChI=1S/C55H55N/c1-9-13-15-23-43(10-2)54(12-4)56(50-27-16-14-17-28-50)51-32-30-45(31-33-51)40(6)29-34-52-42(8)53(49-36-47-25-20-21-26-48(47)37-49)38-44(11-3)55(52)41(7)35-46-24-19-18-22-39(46)5/h9-36,40H,2,4,37-38H2,1,3,5-8H3/b13-9-,23-15-,34-29-,41-35+,44-11+,54-43-. The maximum absolute atomic E-state index is 4.22. The molecule has 0 radical (unpaired) electrons. The van der Waals surface area contributed by atoms with Gasteiger partial charge in [0.2, 0.25) is 0 Å². The van der Waals surface area contributed by atoms with Crippen molar-refractivity contribution in [3.63, 3.8) is 0 Å². The number of para-hydroxylation sites is 1. The van der Waals surface area contributed by atoms with Crippen molar-refractivity contribution in [2.75, 3.05) is 4.90 Å². The number of rotatable bonds is 13. The van der Waals surface area contributed by atoms with Gasteiger partial charge in [-0.2, -0.15) is 0 Å². The molecule has 2 aliphatic rings. The summed E-state index contributed by atoms with van der Waals surface area (Å²) in [4.78, 5) is 2.25. The highest BCUT2D eigenvalue weighted by molar-refractivity contribution is 5.76. The maximum Gasteiger partial charge on any atom is 0.0527 e. The Morgan fingerprint density at radius 1 is 0.768 bits per heavy atom. The lowest BCUT2D eigenvalue weighted by molar-refractivity contribution is 0.960. The minimum atomic E-state index is 0.188. The number of allylic oxidation sites excluding steroid dienone is 17. The van der Waals surface area contributed by atoms with E-state index in [0.717, 1.165) is 35.5 Å². The summed E-state index contributed by atoms with van der Waals surface area (Å²) in [5.41, 5.74) is 20.2. The molecule has 1 unspecified atom stereocenters. The Balaban J connectivity index is 1.40. The molecule has 0 N–H and O–H groups in total. The van der Waals surface area contributed by atoms with Gasteiger partial charge in [-0.25, -0.2) is 0 Å². The molecule has 0 saturated carbocycles. The molecule has 1 nitrogen and oxygen atoms in total. The van der Waals surface area contributed by atoms with E-state index in [1.54, 1.807) is 0 Å². The normalized spacial score (nSPS) is 16.5. The van der Waals surface area contributed by atoms with Gasteiger partial charge in [0.25, 0.3) is 0 Å². The van der Waals surface area contributed by atoms with E-state index in [1.165, 1.54) is 66.8 Å². The van der Waals surface area contributed by atoms with Gasteiger partial charge in [0.15, 0.2) is 0 Å². The molecule has 0 aliphatic heterocycles. The topological polar surface area (TPSA) is 3.24 Å². The summed E-state index contributed by atoms with van der Waals surface area (Å²) >= 11 is 0. The van der Waals surface area contributed by atoms with Gasteiger partial charge < -0.3 is 4.90 Å². The van der Waals surface area contributed by atoms with Gasteiger partial charge in [-0.05, 0) is 156 Å². The number of benzene rings is 4. The van der Waals surface area contributed by atoms with Crippen molar-refractivity contribution in [3.05, 3.63) is 249 Å². The maximum atomic E-state index is 4.22. The Hall–Kier alpha value is -6.18. The monoisotopic (exact) mass is 729 g/mol. The second-order valence-electron chi connectivity index (χ2n) is 14.7. The third-order valence-electron chi connectivity index (χ3n) is 11.0. The second kappa shape index (κ2) is 18.4. The van der Waals surface area contributed by atoms with E-state index in [1.807, 2.05) is 43.4 Å². The number of fused-ring (bicyclic) bond motifs is 1. The number of aryl methyl sites for hydroxylation is 1. The van der Waals surface area contributed by atoms with Gasteiger partial charge >= 0.3 is 0 Å². The summed E-state index contributed by atoms with van der Waals surface area (Å²) in [6, 6.07) is 36.9. The number of hydrogen-bond acceptors (Lipinski definition) is 1. The third-order valence-corrected chi connectivity index (χ3v) is 11.0. The van der Waals surface area contributed by atoms with Crippen LogP contribution < -0.4 is 4.90 Å². The van der Waals surface area contributed by atoms with Crippen LogP contribution in [0.5, 0.6) is 0 Å². The molecule has 0 spiro atoms. The molecule has 4 aromatic rings. The molecule has 4 aromatic carbocycles. The van der Waals surface area contributed by atoms with Crippen LogP contribution in [0.2, 0.25) is 0 Å². The minimum absolute atomic E-state index is 0.188. The predicted molar refractivity (Wildman–Crippen MR) is 245 cm³/mol. The summed E-state index contributed by atoms with van der Waals surface area (Å²) in [6.45, 7) is 21.7. The molecular formula is C55H55N. The summed E-state index contributed by atoms with van der Waals surface area (Å²) in [6.07, 6.45) is 25.8.